The maximum Gasteiger partial charge on any atom is 0.416 e. The van der Waals surface area contributed by atoms with Gasteiger partial charge >= 0.3 is 6.18 Å². The zero-order valence-corrected chi connectivity index (χ0v) is 9.05. The molecule has 0 saturated carbocycles. The molecule has 96 valence electrons. The summed E-state index contributed by atoms with van der Waals surface area (Å²) >= 11 is 0. The molecule has 0 unspecified atom stereocenters. The third kappa shape index (κ3) is 2.79. The number of aromatic nitrogens is 2. The molecule has 0 atom stereocenters. The quantitative estimate of drug-likeness (QED) is 0.831. The summed E-state index contributed by atoms with van der Waals surface area (Å²) in [5.74, 6) is -0.734. The number of nitrogens with one attached hydrogen (secondary N) is 2. The molecule has 0 aliphatic carbocycles. The third-order valence-electron chi connectivity index (χ3n) is 2.32. The first-order valence-electron chi connectivity index (χ1n) is 5.04. The van der Waals surface area contributed by atoms with Crippen LogP contribution in [0.1, 0.15) is 11.3 Å². The third-order valence-corrected chi connectivity index (χ3v) is 2.32. The number of alkyl halides is 3. The number of aromatic amines is 1. The molecule has 2 aromatic rings. The number of imidazole rings is 1. The Labute approximate surface area is 99.9 Å². The minimum Gasteiger partial charge on any atom is -0.377 e. The highest BCUT2D eigenvalue weighted by molar-refractivity contribution is 5.48. The molecule has 1 aromatic heterocycles. The Morgan fingerprint density at radius 1 is 1.28 bits per heavy atom. The van der Waals surface area contributed by atoms with E-state index < -0.39 is 17.6 Å². The molecule has 0 bridgehead atoms. The van der Waals surface area contributed by atoms with E-state index in [-0.39, 0.29) is 12.2 Å². The normalized spacial score (nSPS) is 11.6. The number of benzene rings is 1. The lowest BCUT2D eigenvalue weighted by Gasteiger charge is -2.11. The summed E-state index contributed by atoms with van der Waals surface area (Å²) in [5.41, 5.74) is -0.442. The molecule has 2 N–H and O–H groups in total. The number of anilines is 1. The average molecular weight is 259 g/mol. The predicted molar refractivity (Wildman–Crippen MR) is 57.3 cm³/mol. The zero-order chi connectivity index (χ0) is 13.2. The second-order valence-corrected chi connectivity index (χ2v) is 3.62. The lowest BCUT2D eigenvalue weighted by molar-refractivity contribution is -0.137. The number of halogens is 4. The highest BCUT2D eigenvalue weighted by Gasteiger charge is 2.31. The summed E-state index contributed by atoms with van der Waals surface area (Å²) in [4.78, 5) is 6.50. The molecule has 7 heteroatoms. The Balaban J connectivity index is 2.16. The van der Waals surface area contributed by atoms with Gasteiger partial charge in [-0.15, -0.1) is 0 Å². The molecule has 0 spiro atoms. The Morgan fingerprint density at radius 2 is 2.06 bits per heavy atom. The van der Waals surface area contributed by atoms with E-state index in [1.807, 2.05) is 0 Å². The topological polar surface area (TPSA) is 40.7 Å². The van der Waals surface area contributed by atoms with Gasteiger partial charge in [0, 0.05) is 6.20 Å². The van der Waals surface area contributed by atoms with Crippen LogP contribution < -0.4 is 5.32 Å². The van der Waals surface area contributed by atoms with E-state index in [0.29, 0.717) is 11.8 Å². The van der Waals surface area contributed by atoms with Gasteiger partial charge in [-0.2, -0.15) is 13.2 Å². The van der Waals surface area contributed by atoms with Crippen molar-refractivity contribution in [2.45, 2.75) is 12.7 Å². The fraction of sp³-hybridized carbons (Fsp3) is 0.182. The molecule has 0 aliphatic rings. The van der Waals surface area contributed by atoms with Crippen molar-refractivity contribution < 1.29 is 17.6 Å². The highest BCUT2D eigenvalue weighted by atomic mass is 19.4. The van der Waals surface area contributed by atoms with Crippen molar-refractivity contribution in [2.24, 2.45) is 0 Å². The Bertz CT molecular complexity index is 520. The van der Waals surface area contributed by atoms with Crippen LogP contribution in [0.3, 0.4) is 0 Å². The minimum atomic E-state index is -4.49. The molecule has 2 rings (SSSR count). The zero-order valence-electron chi connectivity index (χ0n) is 9.05. The molecular formula is C11H9F4N3. The van der Waals surface area contributed by atoms with E-state index in [0.717, 1.165) is 12.1 Å². The summed E-state index contributed by atoms with van der Waals surface area (Å²) in [5, 5.41) is 2.58. The van der Waals surface area contributed by atoms with Gasteiger partial charge in [0.15, 0.2) is 0 Å². The van der Waals surface area contributed by atoms with Gasteiger partial charge in [0.25, 0.3) is 0 Å². The van der Waals surface area contributed by atoms with E-state index in [2.05, 4.69) is 15.3 Å². The standard InChI is InChI=1S/C11H9F4N3/c12-9-2-1-7(11(13,14)15)3-10(9)17-5-8-4-16-6-18-8/h1-4,6,17H,5H2,(H,16,18). The first-order chi connectivity index (χ1) is 8.47. The Morgan fingerprint density at radius 3 is 2.67 bits per heavy atom. The van der Waals surface area contributed by atoms with Crippen LogP contribution in [0.25, 0.3) is 0 Å². The largest absolute Gasteiger partial charge is 0.416 e. The molecule has 3 nitrogen and oxygen atoms in total. The lowest BCUT2D eigenvalue weighted by atomic mass is 10.2. The van der Waals surface area contributed by atoms with Gasteiger partial charge in [0.2, 0.25) is 0 Å². The van der Waals surface area contributed by atoms with Crippen LogP contribution in [-0.2, 0) is 12.7 Å². The summed E-state index contributed by atoms with van der Waals surface area (Å²) < 4.78 is 50.7. The Kier molecular flexibility index (Phi) is 3.22. The van der Waals surface area contributed by atoms with Crippen molar-refractivity contribution in [3.05, 3.63) is 47.8 Å². The van der Waals surface area contributed by atoms with Gasteiger partial charge in [0.1, 0.15) is 5.82 Å². The summed E-state index contributed by atoms with van der Waals surface area (Å²) in [7, 11) is 0. The first-order valence-corrected chi connectivity index (χ1v) is 5.04. The number of rotatable bonds is 3. The average Bonchev–Trinajstić information content (AvgIpc) is 2.79. The van der Waals surface area contributed by atoms with Crippen molar-refractivity contribution in [1.82, 2.24) is 9.97 Å². The van der Waals surface area contributed by atoms with Crippen LogP contribution in [0.4, 0.5) is 23.2 Å². The number of H-pyrrole nitrogens is 1. The molecule has 18 heavy (non-hydrogen) atoms. The van der Waals surface area contributed by atoms with Crippen molar-refractivity contribution in [3.8, 4) is 0 Å². The number of hydrogen-bond donors (Lipinski definition) is 2. The van der Waals surface area contributed by atoms with Gasteiger partial charge in [-0.25, -0.2) is 9.37 Å². The first kappa shape index (κ1) is 12.4. The molecule has 0 radical (unpaired) electrons. The summed E-state index contributed by atoms with van der Waals surface area (Å²) in [6.07, 6.45) is -1.56. The maximum absolute atomic E-state index is 13.3. The highest BCUT2D eigenvalue weighted by Crippen LogP contribution is 2.31. The molecule has 0 saturated heterocycles. The molecular weight excluding hydrogens is 250 g/mol. The molecule has 0 amide bonds. The van der Waals surface area contributed by atoms with Crippen LogP contribution in [0, 0.1) is 5.82 Å². The fourth-order valence-corrected chi connectivity index (χ4v) is 1.41. The monoisotopic (exact) mass is 259 g/mol. The van der Waals surface area contributed by atoms with Gasteiger partial charge in [0.05, 0.1) is 29.8 Å². The van der Waals surface area contributed by atoms with E-state index >= 15 is 0 Å². The van der Waals surface area contributed by atoms with Crippen LogP contribution in [0.5, 0.6) is 0 Å². The van der Waals surface area contributed by atoms with Gasteiger partial charge in [-0.1, -0.05) is 0 Å². The Hall–Kier alpha value is -2.05. The van der Waals surface area contributed by atoms with E-state index in [4.69, 9.17) is 0 Å². The molecule has 1 aromatic carbocycles. The van der Waals surface area contributed by atoms with Gasteiger partial charge < -0.3 is 10.3 Å². The number of nitrogens with zero attached hydrogens (tertiary/aromatic N) is 1. The molecule has 1 heterocycles. The SMILES string of the molecule is Fc1ccc(C(F)(F)F)cc1NCc1cnc[nH]1. The lowest BCUT2D eigenvalue weighted by Crippen LogP contribution is -2.08. The van der Waals surface area contributed by atoms with E-state index in [1.165, 1.54) is 12.5 Å². The van der Waals surface area contributed by atoms with E-state index in [9.17, 15) is 17.6 Å². The number of hydrogen-bond acceptors (Lipinski definition) is 2. The van der Waals surface area contributed by atoms with Crippen LogP contribution in [0.2, 0.25) is 0 Å². The smallest absolute Gasteiger partial charge is 0.377 e. The van der Waals surface area contributed by atoms with Crippen molar-refractivity contribution >= 4 is 5.69 Å². The van der Waals surface area contributed by atoms with Gasteiger partial charge in [-0.05, 0) is 18.2 Å². The van der Waals surface area contributed by atoms with Crippen molar-refractivity contribution in [3.63, 3.8) is 0 Å². The second-order valence-electron chi connectivity index (χ2n) is 3.62. The summed E-state index contributed by atoms with van der Waals surface area (Å²) in [6, 6.07) is 2.24. The predicted octanol–water partition coefficient (Wildman–Crippen LogP) is 3.18. The minimum absolute atomic E-state index is 0.165. The summed E-state index contributed by atoms with van der Waals surface area (Å²) in [6.45, 7) is 0.165. The molecule has 0 fully saturated rings. The second kappa shape index (κ2) is 4.67. The van der Waals surface area contributed by atoms with Gasteiger partial charge in [-0.3, -0.25) is 0 Å². The molecule has 0 aliphatic heterocycles. The van der Waals surface area contributed by atoms with Crippen LogP contribution >= 0.6 is 0 Å². The van der Waals surface area contributed by atoms with E-state index in [1.54, 1.807) is 0 Å². The van der Waals surface area contributed by atoms with Crippen molar-refractivity contribution in [1.29, 1.82) is 0 Å². The maximum atomic E-state index is 13.3. The van der Waals surface area contributed by atoms with Crippen LogP contribution in [-0.4, -0.2) is 9.97 Å². The fourth-order valence-electron chi connectivity index (χ4n) is 1.41. The van der Waals surface area contributed by atoms with Crippen LogP contribution in [0.15, 0.2) is 30.7 Å². The van der Waals surface area contributed by atoms with Crippen molar-refractivity contribution in [2.75, 3.05) is 5.32 Å².